The van der Waals surface area contributed by atoms with Crippen molar-refractivity contribution in [2.45, 2.75) is 6.42 Å². The smallest absolute Gasteiger partial charge is 0.256 e. The number of nitrogens with zero attached hydrogens (tertiary/aromatic N) is 1. The van der Waals surface area contributed by atoms with Crippen LogP contribution in [0.2, 0.25) is 0 Å². The second kappa shape index (κ2) is 4.33. The van der Waals surface area contributed by atoms with Crippen LogP contribution >= 0.6 is 23.6 Å². The van der Waals surface area contributed by atoms with Gasteiger partial charge in [-0.15, -0.1) is 0 Å². The number of hydrogen-bond donors (Lipinski definition) is 0. The Labute approximate surface area is 80.9 Å². The van der Waals surface area contributed by atoms with Crippen molar-refractivity contribution in [1.29, 1.82) is 0 Å². The van der Waals surface area contributed by atoms with Crippen LogP contribution in [0.5, 0.6) is 0 Å². The second-order valence-electron chi connectivity index (χ2n) is 2.29. The number of halogens is 2. The van der Waals surface area contributed by atoms with Crippen LogP contribution in [0.3, 0.4) is 0 Å². The number of benzene rings is 1. The zero-order chi connectivity index (χ0) is 8.97. The molecule has 1 aromatic carbocycles. The van der Waals surface area contributed by atoms with E-state index >= 15 is 0 Å². The number of rotatable bonds is 2. The molecule has 0 heterocycles. The van der Waals surface area contributed by atoms with Gasteiger partial charge in [0.25, 0.3) is 5.91 Å². The Morgan fingerprint density at radius 2 is 1.83 bits per heavy atom. The maximum absolute atomic E-state index is 11.0. The first-order valence-corrected chi connectivity index (χ1v) is 4.06. The highest BCUT2D eigenvalue weighted by molar-refractivity contribution is 6.41. The average Bonchev–Trinajstić information content (AvgIpc) is 2.06. The molecule has 1 aromatic rings. The van der Waals surface area contributed by atoms with Gasteiger partial charge < -0.3 is 0 Å². The van der Waals surface area contributed by atoms with Crippen molar-refractivity contribution >= 4 is 29.5 Å². The molecule has 0 spiro atoms. The van der Waals surface area contributed by atoms with Gasteiger partial charge in [-0.3, -0.25) is 4.79 Å². The average molecular weight is 204 g/mol. The first kappa shape index (κ1) is 9.36. The van der Waals surface area contributed by atoms with Crippen LogP contribution in [0.4, 0.5) is 0 Å². The van der Waals surface area contributed by atoms with Gasteiger partial charge in [0, 0.05) is 23.6 Å². The lowest BCUT2D eigenvalue weighted by Crippen LogP contribution is -2.13. The molecule has 0 aromatic heterocycles. The third-order valence-electron chi connectivity index (χ3n) is 1.39. The topological polar surface area (TPSA) is 20.3 Å². The minimum absolute atomic E-state index is 0.230. The molecule has 0 aliphatic carbocycles. The van der Waals surface area contributed by atoms with Crippen molar-refractivity contribution in [3.05, 3.63) is 35.9 Å². The van der Waals surface area contributed by atoms with Gasteiger partial charge in [0.1, 0.15) is 0 Å². The summed E-state index contributed by atoms with van der Waals surface area (Å²) in [5.41, 5.74) is 0.897. The van der Waals surface area contributed by atoms with Gasteiger partial charge in [-0.25, -0.2) is 0 Å². The van der Waals surface area contributed by atoms with Gasteiger partial charge in [0.05, 0.1) is 6.42 Å². The summed E-state index contributed by atoms with van der Waals surface area (Å²) in [5, 5.41) is 0. The molecule has 1 amide bonds. The highest BCUT2D eigenvalue weighted by Gasteiger charge is 2.07. The third kappa shape index (κ3) is 2.72. The molecule has 4 heteroatoms. The molecule has 0 fully saturated rings. The Hall–Kier alpha value is -0.730. The lowest BCUT2D eigenvalue weighted by atomic mass is 10.1. The number of carbonyl (C=O) groups excluding carboxylic acids is 1. The van der Waals surface area contributed by atoms with Gasteiger partial charge in [-0.2, -0.15) is 3.94 Å². The number of carbonyl (C=O) groups is 1. The summed E-state index contributed by atoms with van der Waals surface area (Å²) in [6.07, 6.45) is 0.230. The zero-order valence-electron chi connectivity index (χ0n) is 6.21. The second-order valence-corrected chi connectivity index (χ2v) is 3.14. The van der Waals surface area contributed by atoms with Gasteiger partial charge in [0.15, 0.2) is 0 Å². The van der Waals surface area contributed by atoms with Gasteiger partial charge in [0.2, 0.25) is 0 Å². The summed E-state index contributed by atoms with van der Waals surface area (Å²) in [5.74, 6) is -0.329. The van der Waals surface area contributed by atoms with E-state index in [4.69, 9.17) is 23.6 Å². The molecule has 0 radical (unpaired) electrons. The van der Waals surface area contributed by atoms with Crippen LogP contribution in [0, 0.1) is 0 Å². The van der Waals surface area contributed by atoms with E-state index in [1.807, 2.05) is 30.3 Å². The minimum Gasteiger partial charge on any atom is -0.272 e. The van der Waals surface area contributed by atoms with Crippen LogP contribution in [-0.2, 0) is 11.2 Å². The molecule has 0 unspecified atom stereocenters. The van der Waals surface area contributed by atoms with E-state index in [2.05, 4.69) is 0 Å². The minimum atomic E-state index is -0.329. The van der Waals surface area contributed by atoms with E-state index in [0.717, 1.165) is 5.56 Å². The number of amides is 1. The molecule has 2 nitrogen and oxygen atoms in total. The van der Waals surface area contributed by atoms with Crippen molar-refractivity contribution in [3.63, 3.8) is 0 Å². The summed E-state index contributed by atoms with van der Waals surface area (Å²) in [4.78, 5) is 11.0. The molecule has 0 N–H and O–H groups in total. The van der Waals surface area contributed by atoms with Crippen molar-refractivity contribution in [2.24, 2.45) is 0 Å². The first-order valence-electron chi connectivity index (χ1n) is 3.38. The van der Waals surface area contributed by atoms with Crippen molar-refractivity contribution < 1.29 is 4.79 Å². The fourth-order valence-corrected chi connectivity index (χ4v) is 0.950. The molecule has 12 heavy (non-hydrogen) atoms. The number of hydrogen-bond acceptors (Lipinski definition) is 1. The van der Waals surface area contributed by atoms with Crippen LogP contribution < -0.4 is 0 Å². The van der Waals surface area contributed by atoms with Crippen molar-refractivity contribution in [2.75, 3.05) is 0 Å². The predicted octanol–water partition coefficient (Wildman–Crippen LogP) is 2.37. The van der Waals surface area contributed by atoms with E-state index in [1.54, 1.807) is 0 Å². The molecule has 0 aliphatic heterocycles. The Morgan fingerprint density at radius 3 is 2.33 bits per heavy atom. The Bertz CT molecular complexity index is 261. The summed E-state index contributed by atoms with van der Waals surface area (Å²) >= 11 is 10.5. The Morgan fingerprint density at radius 1 is 1.25 bits per heavy atom. The molecule has 0 aliphatic rings. The van der Waals surface area contributed by atoms with Crippen LogP contribution in [0.15, 0.2) is 30.3 Å². The monoisotopic (exact) mass is 203 g/mol. The zero-order valence-corrected chi connectivity index (χ0v) is 7.72. The van der Waals surface area contributed by atoms with Crippen LogP contribution in [0.25, 0.3) is 0 Å². The fraction of sp³-hybridized carbons (Fsp3) is 0.125. The highest BCUT2D eigenvalue weighted by Crippen LogP contribution is 2.06. The lowest BCUT2D eigenvalue weighted by Gasteiger charge is -2.02. The Balaban J connectivity index is 2.59. The first-order chi connectivity index (χ1) is 5.70. The van der Waals surface area contributed by atoms with Crippen LogP contribution in [-0.4, -0.2) is 9.85 Å². The summed E-state index contributed by atoms with van der Waals surface area (Å²) in [6, 6.07) is 9.28. The maximum Gasteiger partial charge on any atom is 0.256 e. The molecule has 0 saturated carbocycles. The van der Waals surface area contributed by atoms with Crippen molar-refractivity contribution in [1.82, 2.24) is 3.94 Å². The predicted molar refractivity (Wildman–Crippen MR) is 48.7 cm³/mol. The molecule has 1 rings (SSSR count). The van der Waals surface area contributed by atoms with Gasteiger partial charge >= 0.3 is 0 Å². The molecular weight excluding hydrogens is 197 g/mol. The van der Waals surface area contributed by atoms with Crippen molar-refractivity contribution in [3.8, 4) is 0 Å². The van der Waals surface area contributed by atoms with E-state index in [9.17, 15) is 4.79 Å². The van der Waals surface area contributed by atoms with Gasteiger partial charge in [-0.05, 0) is 5.56 Å². The summed E-state index contributed by atoms with van der Waals surface area (Å²) < 4.78 is 0.549. The Kier molecular flexibility index (Phi) is 3.38. The third-order valence-corrected chi connectivity index (χ3v) is 1.76. The molecular formula is C8H7Cl2NO. The maximum atomic E-state index is 11.0. The largest absolute Gasteiger partial charge is 0.272 e. The molecule has 64 valence electrons. The molecule has 0 bridgehead atoms. The van der Waals surface area contributed by atoms with E-state index < -0.39 is 0 Å². The fourth-order valence-electron chi connectivity index (χ4n) is 0.830. The quantitative estimate of drug-likeness (QED) is 0.677. The van der Waals surface area contributed by atoms with Gasteiger partial charge in [-0.1, -0.05) is 30.3 Å². The SMILES string of the molecule is O=C(Cc1ccccc1)N(Cl)Cl. The lowest BCUT2D eigenvalue weighted by molar-refractivity contribution is -0.122. The van der Waals surface area contributed by atoms with E-state index in [-0.39, 0.29) is 12.3 Å². The van der Waals surface area contributed by atoms with E-state index in [1.165, 1.54) is 0 Å². The van der Waals surface area contributed by atoms with Crippen LogP contribution in [0.1, 0.15) is 5.56 Å². The normalized spacial score (nSPS) is 9.50. The van der Waals surface area contributed by atoms with E-state index in [0.29, 0.717) is 3.94 Å². The summed E-state index contributed by atoms with van der Waals surface area (Å²) in [6.45, 7) is 0. The summed E-state index contributed by atoms with van der Waals surface area (Å²) in [7, 11) is 0. The molecule has 0 atom stereocenters. The highest BCUT2D eigenvalue weighted by atomic mass is 35.5. The standard InChI is InChI=1S/C8H7Cl2NO/c9-11(10)8(12)6-7-4-2-1-3-5-7/h1-5H,6H2. The molecule has 0 saturated heterocycles.